The van der Waals surface area contributed by atoms with Crippen molar-refractivity contribution in [2.24, 2.45) is 0 Å². The van der Waals surface area contributed by atoms with Crippen molar-refractivity contribution >= 4 is 0 Å². The van der Waals surface area contributed by atoms with Crippen molar-refractivity contribution in [2.75, 3.05) is 6.54 Å². The van der Waals surface area contributed by atoms with Crippen molar-refractivity contribution < 1.29 is 0 Å². The van der Waals surface area contributed by atoms with Crippen LogP contribution in [0.4, 0.5) is 0 Å². The van der Waals surface area contributed by atoms with E-state index in [1.165, 1.54) is 22.5 Å². The zero-order valence-corrected chi connectivity index (χ0v) is 16.4. The van der Waals surface area contributed by atoms with Gasteiger partial charge in [0.1, 0.15) is 5.82 Å². The number of para-hydroxylation sites is 1. The smallest absolute Gasteiger partial charge is 0.128 e. The first-order chi connectivity index (χ1) is 13.2. The summed E-state index contributed by atoms with van der Waals surface area (Å²) in [7, 11) is 0. The Morgan fingerprint density at radius 1 is 1.11 bits per heavy atom. The van der Waals surface area contributed by atoms with Gasteiger partial charge in [-0.25, -0.2) is 14.6 Å². The van der Waals surface area contributed by atoms with Gasteiger partial charge in [-0.1, -0.05) is 25.1 Å². The molecule has 5 heteroatoms. The fourth-order valence-electron chi connectivity index (χ4n) is 3.84. The average molecular weight is 361 g/mol. The molecule has 27 heavy (non-hydrogen) atoms. The van der Waals surface area contributed by atoms with Crippen LogP contribution in [-0.2, 0) is 25.9 Å². The quantitative estimate of drug-likeness (QED) is 0.694. The predicted octanol–water partition coefficient (Wildman–Crippen LogP) is 3.79. The van der Waals surface area contributed by atoms with Gasteiger partial charge in [-0.2, -0.15) is 5.10 Å². The first-order valence-electron chi connectivity index (χ1n) is 9.82. The number of rotatable bonds is 5. The lowest BCUT2D eigenvalue weighted by molar-refractivity contribution is 0.241. The van der Waals surface area contributed by atoms with E-state index >= 15 is 0 Å². The lowest BCUT2D eigenvalue weighted by atomic mass is 10.1. The van der Waals surface area contributed by atoms with Crippen molar-refractivity contribution in [1.82, 2.24) is 24.6 Å². The molecule has 0 amide bonds. The summed E-state index contributed by atoms with van der Waals surface area (Å²) in [5, 5.41) is 4.79. The Hall–Kier alpha value is -2.53. The van der Waals surface area contributed by atoms with Gasteiger partial charge in [0.25, 0.3) is 0 Å². The third-order valence-corrected chi connectivity index (χ3v) is 5.36. The summed E-state index contributed by atoms with van der Waals surface area (Å²) in [5.74, 6) is 0.987. The largest absolute Gasteiger partial charge is 0.294 e. The number of aryl methyl sites for hydroxylation is 2. The highest BCUT2D eigenvalue weighted by Crippen LogP contribution is 2.23. The second-order valence-electron chi connectivity index (χ2n) is 7.37. The standard InChI is InChI=1S/C22H27N5/c1-4-8-22-23-13-18-14-26(12-11-21(18)24-22)15-20-16(2)25-27(17(20)3)19-9-6-5-7-10-19/h5-7,9-10,13H,4,8,11-12,14-15H2,1-3H3. The van der Waals surface area contributed by atoms with E-state index in [1.54, 1.807) is 0 Å². The van der Waals surface area contributed by atoms with Crippen LogP contribution < -0.4 is 0 Å². The maximum Gasteiger partial charge on any atom is 0.128 e. The molecule has 0 N–H and O–H groups in total. The van der Waals surface area contributed by atoms with Gasteiger partial charge >= 0.3 is 0 Å². The number of fused-ring (bicyclic) bond motifs is 1. The van der Waals surface area contributed by atoms with Crippen LogP contribution in [-0.4, -0.2) is 31.2 Å². The van der Waals surface area contributed by atoms with E-state index < -0.39 is 0 Å². The molecule has 1 aromatic carbocycles. The Balaban J connectivity index is 1.53. The van der Waals surface area contributed by atoms with Gasteiger partial charge in [0, 0.05) is 61.2 Å². The van der Waals surface area contributed by atoms with E-state index in [4.69, 9.17) is 10.1 Å². The number of hydrogen-bond donors (Lipinski definition) is 0. The minimum Gasteiger partial charge on any atom is -0.294 e. The number of nitrogens with zero attached hydrogens (tertiary/aromatic N) is 5. The van der Waals surface area contributed by atoms with Gasteiger partial charge < -0.3 is 0 Å². The molecule has 3 aromatic rings. The second kappa shape index (κ2) is 7.61. The Bertz CT molecular complexity index is 929. The molecular formula is C22H27N5. The van der Waals surface area contributed by atoms with E-state index in [-0.39, 0.29) is 0 Å². The molecule has 0 spiro atoms. The van der Waals surface area contributed by atoms with E-state index in [0.717, 1.165) is 56.1 Å². The van der Waals surface area contributed by atoms with Crippen LogP contribution in [0.2, 0.25) is 0 Å². The maximum absolute atomic E-state index is 4.79. The van der Waals surface area contributed by atoms with Crippen LogP contribution >= 0.6 is 0 Å². The minimum absolute atomic E-state index is 0.914. The number of aromatic nitrogens is 4. The zero-order chi connectivity index (χ0) is 18.8. The Labute approximate surface area is 161 Å². The summed E-state index contributed by atoms with van der Waals surface area (Å²) >= 11 is 0. The highest BCUT2D eigenvalue weighted by Gasteiger charge is 2.21. The molecule has 1 aliphatic heterocycles. The van der Waals surface area contributed by atoms with Crippen molar-refractivity contribution in [3.8, 4) is 5.69 Å². The van der Waals surface area contributed by atoms with E-state index in [2.05, 4.69) is 59.6 Å². The van der Waals surface area contributed by atoms with Crippen molar-refractivity contribution in [3.05, 3.63) is 70.6 Å². The molecular weight excluding hydrogens is 334 g/mol. The Morgan fingerprint density at radius 3 is 2.70 bits per heavy atom. The summed E-state index contributed by atoms with van der Waals surface area (Å²) < 4.78 is 2.06. The van der Waals surface area contributed by atoms with Crippen LogP contribution in [0.3, 0.4) is 0 Å². The molecule has 140 valence electrons. The minimum atomic E-state index is 0.914. The van der Waals surface area contributed by atoms with Gasteiger partial charge in [0.15, 0.2) is 0 Å². The topological polar surface area (TPSA) is 46.8 Å². The first kappa shape index (κ1) is 17.9. The molecule has 0 atom stereocenters. The van der Waals surface area contributed by atoms with Crippen LogP contribution in [0.5, 0.6) is 0 Å². The molecule has 0 radical (unpaired) electrons. The molecule has 5 nitrogen and oxygen atoms in total. The molecule has 0 saturated heterocycles. The Kier molecular flexibility index (Phi) is 5.03. The molecule has 4 rings (SSSR count). The van der Waals surface area contributed by atoms with Gasteiger partial charge in [-0.15, -0.1) is 0 Å². The third kappa shape index (κ3) is 3.65. The maximum atomic E-state index is 4.79. The second-order valence-corrected chi connectivity index (χ2v) is 7.37. The van der Waals surface area contributed by atoms with Gasteiger partial charge in [-0.3, -0.25) is 4.90 Å². The highest BCUT2D eigenvalue weighted by atomic mass is 15.3. The average Bonchev–Trinajstić information content (AvgIpc) is 2.97. The molecule has 0 unspecified atom stereocenters. The third-order valence-electron chi connectivity index (χ3n) is 5.36. The molecule has 1 aliphatic rings. The van der Waals surface area contributed by atoms with Crippen LogP contribution in [0.15, 0.2) is 36.5 Å². The number of hydrogen-bond acceptors (Lipinski definition) is 4. The molecule has 0 aliphatic carbocycles. The zero-order valence-electron chi connectivity index (χ0n) is 16.4. The summed E-state index contributed by atoms with van der Waals surface area (Å²) in [4.78, 5) is 11.8. The van der Waals surface area contributed by atoms with Gasteiger partial charge in [0.05, 0.1) is 11.4 Å². The van der Waals surface area contributed by atoms with Crippen molar-refractivity contribution in [1.29, 1.82) is 0 Å². The molecule has 2 aromatic heterocycles. The molecule has 0 saturated carbocycles. The number of benzene rings is 1. The molecule has 3 heterocycles. The van der Waals surface area contributed by atoms with E-state index in [0.29, 0.717) is 0 Å². The predicted molar refractivity (Wildman–Crippen MR) is 107 cm³/mol. The summed E-state index contributed by atoms with van der Waals surface area (Å²) in [6, 6.07) is 10.4. The van der Waals surface area contributed by atoms with E-state index in [1.807, 2.05) is 12.3 Å². The fraction of sp³-hybridized carbons (Fsp3) is 0.409. The van der Waals surface area contributed by atoms with Crippen LogP contribution in [0.1, 0.15) is 47.4 Å². The van der Waals surface area contributed by atoms with Gasteiger partial charge in [0.2, 0.25) is 0 Å². The lowest BCUT2D eigenvalue weighted by Crippen LogP contribution is -2.31. The monoisotopic (exact) mass is 361 g/mol. The summed E-state index contributed by atoms with van der Waals surface area (Å²) in [6.45, 7) is 9.31. The normalized spacial score (nSPS) is 14.3. The Morgan fingerprint density at radius 2 is 1.93 bits per heavy atom. The van der Waals surface area contributed by atoms with Crippen molar-refractivity contribution in [2.45, 2.75) is 53.1 Å². The van der Waals surface area contributed by atoms with E-state index in [9.17, 15) is 0 Å². The van der Waals surface area contributed by atoms with Crippen LogP contribution in [0.25, 0.3) is 5.69 Å². The molecule has 0 bridgehead atoms. The summed E-state index contributed by atoms with van der Waals surface area (Å²) in [5.41, 5.74) is 7.27. The first-order valence-corrected chi connectivity index (χ1v) is 9.82. The van der Waals surface area contributed by atoms with Crippen molar-refractivity contribution in [3.63, 3.8) is 0 Å². The van der Waals surface area contributed by atoms with Crippen LogP contribution in [0, 0.1) is 13.8 Å². The SMILES string of the molecule is CCCc1ncc2c(n1)CCN(Cc1c(C)nn(-c3ccccc3)c1C)C2. The summed E-state index contributed by atoms with van der Waals surface area (Å²) in [6.07, 6.45) is 5.09. The molecule has 0 fully saturated rings. The fourth-order valence-corrected chi connectivity index (χ4v) is 3.84. The highest BCUT2D eigenvalue weighted by molar-refractivity contribution is 5.37. The lowest BCUT2D eigenvalue weighted by Gasteiger charge is -2.28. The van der Waals surface area contributed by atoms with Gasteiger partial charge in [-0.05, 0) is 32.4 Å².